The monoisotopic (exact) mass is 398 g/mol. The molecular formula is C21H26N4O2S. The molecule has 1 atom stereocenters. The average Bonchev–Trinajstić information content (AvgIpc) is 3.43. The predicted octanol–water partition coefficient (Wildman–Crippen LogP) is 4.17. The molecule has 1 amide bonds. The first-order valence-corrected chi connectivity index (χ1v) is 10.7. The van der Waals surface area contributed by atoms with Crippen LogP contribution in [0.15, 0.2) is 22.8 Å². The highest BCUT2D eigenvalue weighted by Gasteiger charge is 2.23. The topological polar surface area (TPSA) is 71.3 Å². The molecule has 28 heavy (non-hydrogen) atoms. The van der Waals surface area contributed by atoms with Gasteiger partial charge < -0.3 is 9.73 Å². The maximum Gasteiger partial charge on any atom is 0.261 e. The Morgan fingerprint density at radius 3 is 2.79 bits per heavy atom. The van der Waals surface area contributed by atoms with E-state index in [0.717, 1.165) is 45.9 Å². The molecule has 3 aromatic heterocycles. The van der Waals surface area contributed by atoms with Gasteiger partial charge in [-0.1, -0.05) is 6.92 Å². The average molecular weight is 399 g/mol. The third-order valence-corrected chi connectivity index (χ3v) is 6.73. The van der Waals surface area contributed by atoms with E-state index in [0.29, 0.717) is 24.2 Å². The molecule has 0 aliphatic carbocycles. The first-order valence-electron chi connectivity index (χ1n) is 9.92. The van der Waals surface area contributed by atoms with Gasteiger partial charge in [-0.05, 0) is 63.9 Å². The molecule has 0 spiro atoms. The summed E-state index contributed by atoms with van der Waals surface area (Å²) in [6.45, 7) is 9.09. The van der Waals surface area contributed by atoms with E-state index in [2.05, 4.69) is 27.1 Å². The van der Waals surface area contributed by atoms with Gasteiger partial charge in [0.2, 0.25) is 0 Å². The Kier molecular flexibility index (Phi) is 5.46. The summed E-state index contributed by atoms with van der Waals surface area (Å²) in [5, 5.41) is 4.12. The number of likely N-dealkylation sites (tertiary alicyclic amines) is 1. The minimum absolute atomic E-state index is 0.0166. The highest BCUT2D eigenvalue weighted by atomic mass is 32.1. The van der Waals surface area contributed by atoms with Gasteiger partial charge in [-0.2, -0.15) is 0 Å². The van der Waals surface area contributed by atoms with Crippen LogP contribution in [0, 0.1) is 13.8 Å². The molecule has 0 radical (unpaired) electrons. The largest absolute Gasteiger partial charge is 0.461 e. The summed E-state index contributed by atoms with van der Waals surface area (Å²) in [7, 11) is 0. The molecule has 148 valence electrons. The van der Waals surface area contributed by atoms with Crippen molar-refractivity contribution >= 4 is 27.5 Å². The van der Waals surface area contributed by atoms with E-state index in [1.165, 1.54) is 24.2 Å². The van der Waals surface area contributed by atoms with E-state index in [9.17, 15) is 4.79 Å². The number of hydrogen-bond donors (Lipinski definition) is 1. The Labute approximate surface area is 169 Å². The van der Waals surface area contributed by atoms with E-state index < -0.39 is 0 Å². The zero-order chi connectivity index (χ0) is 19.7. The third-order valence-electron chi connectivity index (χ3n) is 5.55. The fraction of sp³-hybridized carbons (Fsp3) is 0.476. The summed E-state index contributed by atoms with van der Waals surface area (Å²) in [6.07, 6.45) is 5.18. The van der Waals surface area contributed by atoms with Gasteiger partial charge in [-0.15, -0.1) is 11.3 Å². The molecule has 0 saturated carbocycles. The summed E-state index contributed by atoms with van der Waals surface area (Å²) in [4.78, 5) is 26.2. The number of aryl methyl sites for hydroxylation is 2. The van der Waals surface area contributed by atoms with Gasteiger partial charge >= 0.3 is 0 Å². The van der Waals surface area contributed by atoms with Crippen LogP contribution in [0.1, 0.15) is 47.1 Å². The van der Waals surface area contributed by atoms with Gasteiger partial charge in [0.15, 0.2) is 11.6 Å². The van der Waals surface area contributed by atoms with Crippen LogP contribution in [0.25, 0.3) is 21.8 Å². The lowest BCUT2D eigenvalue weighted by Gasteiger charge is -2.26. The Bertz CT molecular complexity index is 974. The standard InChI is InChI=1S/C21H26N4O2S/c1-4-15(25-9-5-6-10-25)12-22-20(26)18-13(2)17-14(3)23-19(24-21(17)28-18)16-8-7-11-27-16/h7-8,11,15H,4-6,9-10,12H2,1-3H3,(H,22,26). The zero-order valence-electron chi connectivity index (χ0n) is 16.6. The number of hydrogen-bond acceptors (Lipinski definition) is 6. The lowest BCUT2D eigenvalue weighted by Crippen LogP contribution is -2.42. The summed E-state index contributed by atoms with van der Waals surface area (Å²) in [6, 6.07) is 4.08. The molecule has 4 heterocycles. The molecule has 3 aromatic rings. The van der Waals surface area contributed by atoms with E-state index in [-0.39, 0.29) is 5.91 Å². The molecule has 1 aliphatic rings. The molecule has 0 aromatic carbocycles. The number of aromatic nitrogens is 2. The van der Waals surface area contributed by atoms with Crippen LogP contribution >= 0.6 is 11.3 Å². The molecule has 7 heteroatoms. The minimum Gasteiger partial charge on any atom is -0.461 e. The number of furan rings is 1. The predicted molar refractivity (Wildman–Crippen MR) is 112 cm³/mol. The van der Waals surface area contributed by atoms with Crippen LogP contribution in [0.3, 0.4) is 0 Å². The summed E-state index contributed by atoms with van der Waals surface area (Å²) in [5.74, 6) is 1.18. The lowest BCUT2D eigenvalue weighted by molar-refractivity contribution is 0.0940. The van der Waals surface area contributed by atoms with Crippen molar-refractivity contribution in [2.75, 3.05) is 19.6 Å². The third kappa shape index (κ3) is 3.56. The van der Waals surface area contributed by atoms with E-state index in [1.54, 1.807) is 6.26 Å². The molecule has 1 saturated heterocycles. The van der Waals surface area contributed by atoms with Crippen molar-refractivity contribution in [2.24, 2.45) is 0 Å². The summed E-state index contributed by atoms with van der Waals surface area (Å²) in [5.41, 5.74) is 1.82. The van der Waals surface area contributed by atoms with Crippen LogP contribution in [0.5, 0.6) is 0 Å². The number of thiophene rings is 1. The van der Waals surface area contributed by atoms with Crippen LogP contribution in [-0.4, -0.2) is 46.5 Å². The second-order valence-electron chi connectivity index (χ2n) is 7.36. The van der Waals surface area contributed by atoms with Gasteiger partial charge in [-0.3, -0.25) is 9.69 Å². The van der Waals surface area contributed by atoms with E-state index in [1.807, 2.05) is 26.0 Å². The van der Waals surface area contributed by atoms with Crippen LogP contribution < -0.4 is 5.32 Å². The molecule has 1 fully saturated rings. The highest BCUT2D eigenvalue weighted by Crippen LogP contribution is 2.33. The summed E-state index contributed by atoms with van der Waals surface area (Å²) >= 11 is 1.43. The number of nitrogens with zero attached hydrogens (tertiary/aromatic N) is 3. The quantitative estimate of drug-likeness (QED) is 0.675. The smallest absolute Gasteiger partial charge is 0.261 e. The van der Waals surface area contributed by atoms with Gasteiger partial charge in [0.1, 0.15) is 4.83 Å². The molecular weight excluding hydrogens is 372 g/mol. The van der Waals surface area contributed by atoms with Gasteiger partial charge in [-0.25, -0.2) is 9.97 Å². The Hall–Kier alpha value is -2.25. The maximum absolute atomic E-state index is 12.9. The van der Waals surface area contributed by atoms with Crippen molar-refractivity contribution < 1.29 is 9.21 Å². The fourth-order valence-corrected chi connectivity index (χ4v) is 5.15. The second kappa shape index (κ2) is 8.01. The second-order valence-corrected chi connectivity index (χ2v) is 8.36. The molecule has 1 aliphatic heterocycles. The first-order chi connectivity index (χ1) is 13.6. The van der Waals surface area contributed by atoms with Gasteiger partial charge in [0.05, 0.1) is 16.8 Å². The number of nitrogens with one attached hydrogen (secondary N) is 1. The van der Waals surface area contributed by atoms with Crippen molar-refractivity contribution in [1.29, 1.82) is 0 Å². The first kappa shape index (κ1) is 19.1. The Morgan fingerprint density at radius 1 is 1.32 bits per heavy atom. The Morgan fingerprint density at radius 2 is 2.11 bits per heavy atom. The number of carbonyl (C=O) groups excluding carboxylic acids is 1. The van der Waals surface area contributed by atoms with Gasteiger partial charge in [0.25, 0.3) is 5.91 Å². The number of rotatable bonds is 6. The van der Waals surface area contributed by atoms with Gasteiger partial charge in [0, 0.05) is 18.0 Å². The van der Waals surface area contributed by atoms with Crippen molar-refractivity contribution in [2.45, 2.75) is 46.1 Å². The molecule has 1 unspecified atom stereocenters. The molecule has 4 rings (SSSR count). The number of fused-ring (bicyclic) bond motifs is 1. The van der Waals surface area contributed by atoms with Crippen LogP contribution in [0.2, 0.25) is 0 Å². The fourth-order valence-electron chi connectivity index (χ4n) is 4.00. The lowest BCUT2D eigenvalue weighted by atomic mass is 10.1. The Balaban J connectivity index is 1.57. The SMILES string of the molecule is CCC(CNC(=O)c1sc2nc(-c3ccco3)nc(C)c2c1C)N1CCCC1. The normalized spacial score (nSPS) is 16.0. The summed E-state index contributed by atoms with van der Waals surface area (Å²) < 4.78 is 5.43. The highest BCUT2D eigenvalue weighted by molar-refractivity contribution is 7.20. The molecule has 0 bridgehead atoms. The van der Waals surface area contributed by atoms with E-state index >= 15 is 0 Å². The van der Waals surface area contributed by atoms with Crippen molar-refractivity contribution in [3.05, 3.63) is 34.5 Å². The van der Waals surface area contributed by atoms with Crippen LogP contribution in [-0.2, 0) is 0 Å². The minimum atomic E-state index is -0.0166. The number of amides is 1. The molecule has 6 nitrogen and oxygen atoms in total. The maximum atomic E-state index is 12.9. The van der Waals surface area contributed by atoms with Crippen LogP contribution in [0.4, 0.5) is 0 Å². The van der Waals surface area contributed by atoms with Crippen molar-refractivity contribution in [3.8, 4) is 11.6 Å². The van der Waals surface area contributed by atoms with Crippen molar-refractivity contribution in [3.63, 3.8) is 0 Å². The molecule has 1 N–H and O–H groups in total. The van der Waals surface area contributed by atoms with Crippen molar-refractivity contribution in [1.82, 2.24) is 20.2 Å². The van der Waals surface area contributed by atoms with E-state index in [4.69, 9.17) is 4.42 Å². The number of carbonyl (C=O) groups is 1. The zero-order valence-corrected chi connectivity index (χ0v) is 17.4.